The van der Waals surface area contributed by atoms with Crippen molar-refractivity contribution in [2.45, 2.75) is 39.2 Å². The first kappa shape index (κ1) is 12.2. The number of rotatable bonds is 7. The van der Waals surface area contributed by atoms with Gasteiger partial charge in [0.05, 0.1) is 12.8 Å². The lowest BCUT2D eigenvalue weighted by molar-refractivity contribution is 0.0694. The minimum Gasteiger partial charge on any atom is -0.478 e. The van der Waals surface area contributed by atoms with Crippen molar-refractivity contribution in [2.24, 2.45) is 5.41 Å². The zero-order valence-electron chi connectivity index (χ0n) is 10.2. The average molecular weight is 237 g/mol. The molecule has 94 valence electrons. The lowest BCUT2D eigenvalue weighted by Gasteiger charge is -2.14. The topological polar surface area (TPSA) is 62.5 Å². The van der Waals surface area contributed by atoms with Gasteiger partial charge in [0, 0.05) is 6.54 Å². The highest BCUT2D eigenvalue weighted by molar-refractivity contribution is 5.88. The summed E-state index contributed by atoms with van der Waals surface area (Å²) < 4.78 is 5.18. The van der Waals surface area contributed by atoms with Gasteiger partial charge < -0.3 is 14.8 Å². The minimum atomic E-state index is -0.926. The van der Waals surface area contributed by atoms with Crippen molar-refractivity contribution < 1.29 is 14.3 Å². The Morgan fingerprint density at radius 2 is 2.35 bits per heavy atom. The summed E-state index contributed by atoms with van der Waals surface area (Å²) in [6.07, 6.45) is 6.47. The monoisotopic (exact) mass is 237 g/mol. The molecule has 1 aliphatic rings. The second-order valence-electron chi connectivity index (χ2n) is 4.92. The number of carboxylic acids is 1. The smallest absolute Gasteiger partial charge is 0.339 e. The molecular weight excluding hydrogens is 218 g/mol. The Morgan fingerprint density at radius 3 is 2.94 bits per heavy atom. The third-order valence-corrected chi connectivity index (χ3v) is 3.50. The highest BCUT2D eigenvalue weighted by atomic mass is 16.4. The number of aromatic carboxylic acids is 1. The van der Waals surface area contributed by atoms with Gasteiger partial charge in [0.2, 0.25) is 0 Å². The van der Waals surface area contributed by atoms with Gasteiger partial charge in [-0.2, -0.15) is 0 Å². The highest BCUT2D eigenvalue weighted by Crippen LogP contribution is 2.48. The summed E-state index contributed by atoms with van der Waals surface area (Å²) in [6, 6.07) is 1.50. The number of carboxylic acid groups (broad SMARTS) is 1. The van der Waals surface area contributed by atoms with Crippen molar-refractivity contribution in [1.29, 1.82) is 0 Å². The first-order valence-electron chi connectivity index (χ1n) is 6.17. The zero-order chi connectivity index (χ0) is 12.3. The van der Waals surface area contributed by atoms with E-state index in [1.54, 1.807) is 0 Å². The predicted molar refractivity (Wildman–Crippen MR) is 63.9 cm³/mol. The van der Waals surface area contributed by atoms with Gasteiger partial charge in [0.25, 0.3) is 0 Å². The Morgan fingerprint density at radius 1 is 1.59 bits per heavy atom. The third kappa shape index (κ3) is 2.88. The van der Waals surface area contributed by atoms with E-state index in [2.05, 4.69) is 12.2 Å². The van der Waals surface area contributed by atoms with Crippen molar-refractivity contribution in [1.82, 2.24) is 5.32 Å². The van der Waals surface area contributed by atoms with Crippen LogP contribution in [-0.2, 0) is 6.54 Å². The minimum absolute atomic E-state index is 0.262. The molecule has 0 saturated heterocycles. The molecule has 1 fully saturated rings. The summed E-state index contributed by atoms with van der Waals surface area (Å²) in [5.41, 5.74) is 0.739. The van der Waals surface area contributed by atoms with Crippen LogP contribution >= 0.6 is 0 Å². The summed E-state index contributed by atoms with van der Waals surface area (Å²) in [6.45, 7) is 3.66. The molecule has 1 aromatic heterocycles. The van der Waals surface area contributed by atoms with Crippen molar-refractivity contribution in [3.8, 4) is 0 Å². The van der Waals surface area contributed by atoms with Crippen molar-refractivity contribution in [3.63, 3.8) is 0 Å². The highest BCUT2D eigenvalue weighted by Gasteiger charge is 2.40. The average Bonchev–Trinajstić information content (AvgIpc) is 2.88. The van der Waals surface area contributed by atoms with E-state index in [4.69, 9.17) is 9.52 Å². The standard InChI is InChI=1S/C13H19NO3/c1-2-4-13(5-6-13)9-14-8-11-10(12(15)16)3-7-17-11/h3,7,14H,2,4-6,8-9H2,1H3,(H,15,16). The summed E-state index contributed by atoms with van der Waals surface area (Å²) in [5.74, 6) is -0.407. The predicted octanol–water partition coefficient (Wildman–Crippen LogP) is 2.65. The Labute approximate surface area is 101 Å². The fraction of sp³-hybridized carbons (Fsp3) is 0.615. The molecule has 2 N–H and O–H groups in total. The fourth-order valence-corrected chi connectivity index (χ4v) is 2.33. The van der Waals surface area contributed by atoms with Crippen LogP contribution in [0.3, 0.4) is 0 Å². The lowest BCUT2D eigenvalue weighted by atomic mass is 10.0. The second-order valence-corrected chi connectivity index (χ2v) is 4.92. The van der Waals surface area contributed by atoms with E-state index < -0.39 is 5.97 Å². The molecule has 0 aromatic carbocycles. The van der Waals surface area contributed by atoms with Gasteiger partial charge in [0.1, 0.15) is 11.3 Å². The molecule has 1 heterocycles. The maximum absolute atomic E-state index is 10.9. The van der Waals surface area contributed by atoms with E-state index in [-0.39, 0.29) is 5.56 Å². The van der Waals surface area contributed by atoms with Gasteiger partial charge in [-0.25, -0.2) is 4.79 Å². The van der Waals surface area contributed by atoms with Crippen molar-refractivity contribution >= 4 is 5.97 Å². The van der Waals surface area contributed by atoms with Crippen molar-refractivity contribution in [3.05, 3.63) is 23.7 Å². The molecule has 0 radical (unpaired) electrons. The molecule has 0 spiro atoms. The van der Waals surface area contributed by atoms with Crippen LogP contribution in [0, 0.1) is 5.41 Å². The molecule has 1 saturated carbocycles. The number of hydrogen-bond acceptors (Lipinski definition) is 3. The molecular formula is C13H19NO3. The molecule has 17 heavy (non-hydrogen) atoms. The van der Waals surface area contributed by atoms with Gasteiger partial charge >= 0.3 is 5.97 Å². The van der Waals surface area contributed by atoms with Gasteiger partial charge in [-0.05, 0) is 30.7 Å². The summed E-state index contributed by atoms with van der Waals surface area (Å²) in [4.78, 5) is 10.9. The van der Waals surface area contributed by atoms with Crippen molar-refractivity contribution in [2.75, 3.05) is 6.54 Å². The quantitative estimate of drug-likeness (QED) is 0.765. The molecule has 0 aliphatic heterocycles. The zero-order valence-corrected chi connectivity index (χ0v) is 10.2. The fourth-order valence-electron chi connectivity index (χ4n) is 2.33. The largest absolute Gasteiger partial charge is 0.478 e. The van der Waals surface area contributed by atoms with Crippen LogP contribution in [0.4, 0.5) is 0 Å². The van der Waals surface area contributed by atoms with Crippen LogP contribution in [0.25, 0.3) is 0 Å². The van der Waals surface area contributed by atoms with Crippen LogP contribution in [0.1, 0.15) is 48.7 Å². The van der Waals surface area contributed by atoms with Crippen LogP contribution < -0.4 is 5.32 Å². The number of furan rings is 1. The molecule has 4 nitrogen and oxygen atoms in total. The lowest BCUT2D eigenvalue weighted by Crippen LogP contribution is -2.24. The van der Waals surface area contributed by atoms with Crippen LogP contribution in [0.5, 0.6) is 0 Å². The Kier molecular flexibility index (Phi) is 3.52. The Bertz CT molecular complexity index is 393. The van der Waals surface area contributed by atoms with E-state index in [9.17, 15) is 4.79 Å². The number of nitrogens with one attached hydrogen (secondary N) is 1. The number of hydrogen-bond donors (Lipinski definition) is 2. The molecule has 1 aromatic rings. The normalized spacial score (nSPS) is 17.0. The number of carbonyl (C=O) groups is 1. The van der Waals surface area contributed by atoms with E-state index in [1.165, 1.54) is 38.0 Å². The Hall–Kier alpha value is -1.29. The van der Waals surface area contributed by atoms with Gasteiger partial charge in [-0.1, -0.05) is 13.3 Å². The summed E-state index contributed by atoms with van der Waals surface area (Å²) in [5, 5.41) is 12.2. The summed E-state index contributed by atoms with van der Waals surface area (Å²) >= 11 is 0. The third-order valence-electron chi connectivity index (χ3n) is 3.50. The Balaban J connectivity index is 1.82. The van der Waals surface area contributed by atoms with Gasteiger partial charge in [0.15, 0.2) is 0 Å². The van der Waals surface area contributed by atoms with Gasteiger partial charge in [-0.15, -0.1) is 0 Å². The van der Waals surface area contributed by atoms with Crippen LogP contribution in [0.15, 0.2) is 16.7 Å². The second kappa shape index (κ2) is 4.92. The van der Waals surface area contributed by atoms with Gasteiger partial charge in [-0.3, -0.25) is 0 Å². The molecule has 0 bridgehead atoms. The SMILES string of the molecule is CCCC1(CNCc2occc2C(=O)O)CC1. The summed E-state index contributed by atoms with van der Waals surface area (Å²) in [7, 11) is 0. The van der Waals surface area contributed by atoms with E-state index in [0.717, 1.165) is 6.54 Å². The molecule has 4 heteroatoms. The molecule has 0 atom stereocenters. The maximum Gasteiger partial charge on any atom is 0.339 e. The van der Waals surface area contributed by atoms with Crippen LogP contribution in [-0.4, -0.2) is 17.6 Å². The molecule has 1 aliphatic carbocycles. The van der Waals surface area contributed by atoms with E-state index in [1.807, 2.05) is 0 Å². The molecule has 2 rings (SSSR count). The van der Waals surface area contributed by atoms with E-state index in [0.29, 0.717) is 17.7 Å². The maximum atomic E-state index is 10.9. The van der Waals surface area contributed by atoms with E-state index >= 15 is 0 Å². The first-order valence-corrected chi connectivity index (χ1v) is 6.17. The molecule has 0 amide bonds. The van der Waals surface area contributed by atoms with Crippen LogP contribution in [0.2, 0.25) is 0 Å². The first-order chi connectivity index (χ1) is 8.17. The molecule has 0 unspecified atom stereocenters.